The van der Waals surface area contributed by atoms with Crippen molar-refractivity contribution in [2.24, 2.45) is 0 Å². The minimum atomic E-state index is 0.0431. The van der Waals surface area contributed by atoms with Gasteiger partial charge in [-0.15, -0.1) is 11.3 Å². The summed E-state index contributed by atoms with van der Waals surface area (Å²) in [7, 11) is 0. The number of hydrogen-bond donors (Lipinski definition) is 1. The lowest BCUT2D eigenvalue weighted by molar-refractivity contribution is 0.0983. The number of aryl methyl sites for hydroxylation is 2. The molecule has 2 rings (SSSR count). The van der Waals surface area contributed by atoms with Gasteiger partial charge in [0.1, 0.15) is 0 Å². The Kier molecular flexibility index (Phi) is 5.92. The molecule has 0 saturated heterocycles. The third-order valence-electron chi connectivity index (χ3n) is 3.84. The van der Waals surface area contributed by atoms with Crippen LogP contribution in [-0.2, 0) is 6.42 Å². The molecule has 0 amide bonds. The van der Waals surface area contributed by atoms with E-state index in [0.717, 1.165) is 24.3 Å². The minimum Gasteiger partial charge on any atom is -0.311 e. The molecule has 0 atom stereocenters. The molecular weight excluding hydrogens is 290 g/mol. The van der Waals surface area contributed by atoms with Crippen LogP contribution >= 0.6 is 11.3 Å². The van der Waals surface area contributed by atoms with Gasteiger partial charge in [0.15, 0.2) is 5.78 Å². The Balaban J connectivity index is 1.74. The summed E-state index contributed by atoms with van der Waals surface area (Å²) < 4.78 is 0. The first kappa shape index (κ1) is 16.9. The summed E-state index contributed by atoms with van der Waals surface area (Å²) in [4.78, 5) is 13.0. The average molecular weight is 315 g/mol. The maximum atomic E-state index is 12.1. The molecule has 1 aromatic carbocycles. The quantitative estimate of drug-likeness (QED) is 0.720. The van der Waals surface area contributed by atoms with Crippen molar-refractivity contribution in [1.29, 1.82) is 0 Å². The van der Waals surface area contributed by atoms with Crippen LogP contribution in [0.5, 0.6) is 0 Å². The van der Waals surface area contributed by atoms with Gasteiger partial charge >= 0.3 is 0 Å². The maximum absolute atomic E-state index is 12.1. The fourth-order valence-corrected chi connectivity index (χ4v) is 3.27. The van der Waals surface area contributed by atoms with Crippen molar-refractivity contribution in [3.05, 3.63) is 57.8 Å². The molecule has 3 heteroatoms. The molecule has 0 aliphatic carbocycles. The summed E-state index contributed by atoms with van der Waals surface area (Å²) >= 11 is 1.55. The first-order chi connectivity index (χ1) is 10.5. The SMILES string of the molecule is Cc1csc(C(=O)CCNC(C)(C)CCc2ccccc2)c1. The van der Waals surface area contributed by atoms with E-state index in [0.29, 0.717) is 6.42 Å². The summed E-state index contributed by atoms with van der Waals surface area (Å²) in [6.07, 6.45) is 2.68. The van der Waals surface area contributed by atoms with E-state index in [2.05, 4.69) is 43.4 Å². The fourth-order valence-electron chi connectivity index (χ4n) is 2.40. The van der Waals surface area contributed by atoms with Gasteiger partial charge < -0.3 is 5.32 Å². The van der Waals surface area contributed by atoms with Crippen LogP contribution in [0.3, 0.4) is 0 Å². The number of thiophene rings is 1. The van der Waals surface area contributed by atoms with Crippen LogP contribution in [0.15, 0.2) is 41.8 Å². The zero-order chi connectivity index (χ0) is 16.0. The zero-order valence-electron chi connectivity index (χ0n) is 13.7. The molecule has 22 heavy (non-hydrogen) atoms. The number of hydrogen-bond acceptors (Lipinski definition) is 3. The Morgan fingerprint density at radius 3 is 2.59 bits per heavy atom. The summed E-state index contributed by atoms with van der Waals surface area (Å²) in [5, 5.41) is 5.55. The molecule has 0 spiro atoms. The van der Waals surface area contributed by atoms with Crippen molar-refractivity contribution in [2.45, 2.75) is 45.6 Å². The molecule has 0 fully saturated rings. The third kappa shape index (κ3) is 5.39. The molecule has 0 radical (unpaired) electrons. The van der Waals surface area contributed by atoms with Crippen LogP contribution in [0.2, 0.25) is 0 Å². The molecular formula is C19H25NOS. The second-order valence-corrected chi connectivity index (χ2v) is 7.37. The number of carbonyl (C=O) groups is 1. The molecule has 0 aliphatic rings. The van der Waals surface area contributed by atoms with E-state index in [4.69, 9.17) is 0 Å². The van der Waals surface area contributed by atoms with Crippen LogP contribution in [0.25, 0.3) is 0 Å². The van der Waals surface area contributed by atoms with Crippen molar-refractivity contribution in [1.82, 2.24) is 5.32 Å². The second kappa shape index (κ2) is 7.70. The van der Waals surface area contributed by atoms with Gasteiger partial charge in [0.05, 0.1) is 4.88 Å². The Hall–Kier alpha value is -1.45. The molecule has 0 unspecified atom stereocenters. The maximum Gasteiger partial charge on any atom is 0.174 e. The summed E-state index contributed by atoms with van der Waals surface area (Å²) in [5.74, 6) is 0.240. The van der Waals surface area contributed by atoms with Crippen LogP contribution < -0.4 is 5.32 Å². The van der Waals surface area contributed by atoms with E-state index < -0.39 is 0 Å². The molecule has 1 aromatic heterocycles. The van der Waals surface area contributed by atoms with Gasteiger partial charge in [-0.05, 0) is 56.2 Å². The second-order valence-electron chi connectivity index (χ2n) is 6.46. The van der Waals surface area contributed by atoms with Crippen molar-refractivity contribution >= 4 is 17.1 Å². The van der Waals surface area contributed by atoms with Crippen LogP contribution in [0.4, 0.5) is 0 Å². The van der Waals surface area contributed by atoms with E-state index in [9.17, 15) is 4.79 Å². The van der Waals surface area contributed by atoms with Crippen LogP contribution in [0, 0.1) is 6.92 Å². The lowest BCUT2D eigenvalue weighted by atomic mass is 9.95. The molecule has 2 nitrogen and oxygen atoms in total. The van der Waals surface area contributed by atoms with Gasteiger partial charge in [-0.2, -0.15) is 0 Å². The normalized spacial score (nSPS) is 11.6. The molecule has 1 heterocycles. The minimum absolute atomic E-state index is 0.0431. The zero-order valence-corrected chi connectivity index (χ0v) is 14.5. The number of rotatable bonds is 8. The number of ketones is 1. The summed E-state index contributed by atoms with van der Waals surface area (Å²) in [6.45, 7) is 7.17. The largest absolute Gasteiger partial charge is 0.311 e. The van der Waals surface area contributed by atoms with Gasteiger partial charge in [0, 0.05) is 18.5 Å². The lowest BCUT2D eigenvalue weighted by Crippen LogP contribution is -2.40. The van der Waals surface area contributed by atoms with Gasteiger partial charge in [-0.3, -0.25) is 4.79 Å². The van der Waals surface area contributed by atoms with E-state index in [-0.39, 0.29) is 11.3 Å². The van der Waals surface area contributed by atoms with Crippen molar-refractivity contribution in [2.75, 3.05) is 6.54 Å². The van der Waals surface area contributed by atoms with E-state index in [1.807, 2.05) is 24.4 Å². The van der Waals surface area contributed by atoms with E-state index >= 15 is 0 Å². The standard InChI is InChI=1S/C19H25NOS/c1-15-13-18(22-14-15)17(21)10-12-20-19(2,3)11-9-16-7-5-4-6-8-16/h4-8,13-14,20H,9-12H2,1-3H3. The molecule has 0 bridgehead atoms. The highest BCUT2D eigenvalue weighted by Crippen LogP contribution is 2.17. The Bertz CT molecular complexity index is 601. The number of Topliss-reactive ketones (excluding diaryl/α,β-unsaturated/α-hetero) is 1. The van der Waals surface area contributed by atoms with Gasteiger partial charge in [0.25, 0.3) is 0 Å². The smallest absolute Gasteiger partial charge is 0.174 e. The molecule has 0 saturated carbocycles. The van der Waals surface area contributed by atoms with Crippen molar-refractivity contribution in [3.8, 4) is 0 Å². The van der Waals surface area contributed by atoms with Crippen molar-refractivity contribution < 1.29 is 4.79 Å². The Labute approximate surface area is 137 Å². The molecule has 118 valence electrons. The monoisotopic (exact) mass is 315 g/mol. The van der Waals surface area contributed by atoms with Crippen LogP contribution in [0.1, 0.15) is 47.5 Å². The summed E-state index contributed by atoms with van der Waals surface area (Å²) in [5.41, 5.74) is 2.58. The average Bonchev–Trinajstić information content (AvgIpc) is 2.93. The lowest BCUT2D eigenvalue weighted by Gasteiger charge is -2.26. The Morgan fingerprint density at radius 2 is 1.95 bits per heavy atom. The first-order valence-electron chi connectivity index (χ1n) is 7.83. The number of carbonyl (C=O) groups excluding carboxylic acids is 1. The number of nitrogens with one attached hydrogen (secondary N) is 1. The highest BCUT2D eigenvalue weighted by Gasteiger charge is 2.17. The fraction of sp³-hybridized carbons (Fsp3) is 0.421. The van der Waals surface area contributed by atoms with E-state index in [1.54, 1.807) is 11.3 Å². The highest BCUT2D eigenvalue weighted by atomic mass is 32.1. The molecule has 1 N–H and O–H groups in total. The van der Waals surface area contributed by atoms with Gasteiger partial charge in [-0.1, -0.05) is 30.3 Å². The molecule has 0 aliphatic heterocycles. The molecule has 2 aromatic rings. The summed E-state index contributed by atoms with van der Waals surface area (Å²) in [6, 6.07) is 12.5. The Morgan fingerprint density at radius 1 is 1.23 bits per heavy atom. The predicted octanol–water partition coefficient (Wildman–Crippen LogP) is 4.63. The topological polar surface area (TPSA) is 29.1 Å². The number of benzene rings is 1. The first-order valence-corrected chi connectivity index (χ1v) is 8.71. The van der Waals surface area contributed by atoms with Gasteiger partial charge in [-0.25, -0.2) is 0 Å². The predicted molar refractivity (Wildman–Crippen MR) is 94.8 cm³/mol. The van der Waals surface area contributed by atoms with Crippen molar-refractivity contribution in [3.63, 3.8) is 0 Å². The van der Waals surface area contributed by atoms with Gasteiger partial charge in [0.2, 0.25) is 0 Å². The highest BCUT2D eigenvalue weighted by molar-refractivity contribution is 7.12. The van der Waals surface area contributed by atoms with E-state index in [1.165, 1.54) is 11.1 Å². The van der Waals surface area contributed by atoms with Crippen LogP contribution in [-0.4, -0.2) is 17.9 Å². The third-order valence-corrected chi connectivity index (χ3v) is 4.93.